The molecule has 0 amide bonds. The Morgan fingerprint density at radius 2 is 2.07 bits per heavy atom. The van der Waals surface area contributed by atoms with Crippen LogP contribution in [-0.2, 0) is 6.54 Å². The van der Waals surface area contributed by atoms with Gasteiger partial charge in [-0.25, -0.2) is 9.98 Å². The van der Waals surface area contributed by atoms with Crippen LogP contribution in [0.15, 0.2) is 29.3 Å². The van der Waals surface area contributed by atoms with Gasteiger partial charge in [0.15, 0.2) is 5.96 Å². The Hall–Kier alpha value is -1.33. The van der Waals surface area contributed by atoms with E-state index in [1.54, 1.807) is 11.3 Å². The fourth-order valence-electron chi connectivity index (χ4n) is 1.15. The molecule has 4 N–H and O–H groups in total. The van der Waals surface area contributed by atoms with E-state index >= 15 is 0 Å². The number of hydrogen-bond acceptors (Lipinski definition) is 3. The zero-order valence-corrected chi connectivity index (χ0v) is 9.52. The first-order chi connectivity index (χ1) is 6.75. The van der Waals surface area contributed by atoms with Crippen molar-refractivity contribution in [3.8, 4) is 0 Å². The van der Waals surface area contributed by atoms with Crippen molar-refractivity contribution < 1.29 is 0 Å². The highest BCUT2D eigenvalue weighted by Crippen LogP contribution is 2.21. The van der Waals surface area contributed by atoms with Gasteiger partial charge in [0.05, 0.1) is 16.8 Å². The molecule has 0 aliphatic rings. The lowest BCUT2D eigenvalue weighted by Gasteiger charge is -1.88. The molecule has 1 aromatic carbocycles. The fraction of sp³-hybridized carbons (Fsp3) is 0.111. The van der Waals surface area contributed by atoms with Gasteiger partial charge < -0.3 is 11.5 Å². The third-order valence-corrected chi connectivity index (χ3v) is 2.76. The van der Waals surface area contributed by atoms with Crippen molar-refractivity contribution in [1.29, 1.82) is 0 Å². The number of aliphatic imine (C=N–C) groups is 1. The van der Waals surface area contributed by atoms with E-state index < -0.39 is 0 Å². The van der Waals surface area contributed by atoms with Crippen LogP contribution in [-0.4, -0.2) is 10.9 Å². The molecule has 80 valence electrons. The van der Waals surface area contributed by atoms with E-state index in [0.717, 1.165) is 15.2 Å². The van der Waals surface area contributed by atoms with Crippen molar-refractivity contribution in [3.63, 3.8) is 0 Å². The number of fused-ring (bicyclic) bond motifs is 1. The summed E-state index contributed by atoms with van der Waals surface area (Å²) in [7, 11) is 0. The van der Waals surface area contributed by atoms with Crippen LogP contribution >= 0.6 is 23.7 Å². The summed E-state index contributed by atoms with van der Waals surface area (Å²) >= 11 is 1.61. The van der Waals surface area contributed by atoms with Crippen molar-refractivity contribution in [1.82, 2.24) is 4.98 Å². The van der Waals surface area contributed by atoms with E-state index in [1.807, 2.05) is 24.3 Å². The predicted molar refractivity (Wildman–Crippen MR) is 66.4 cm³/mol. The maximum atomic E-state index is 5.24. The molecule has 0 aliphatic heterocycles. The molecule has 0 unspecified atom stereocenters. The quantitative estimate of drug-likeness (QED) is 0.619. The number of thiazole rings is 1. The van der Waals surface area contributed by atoms with Crippen molar-refractivity contribution >= 4 is 39.9 Å². The van der Waals surface area contributed by atoms with Crippen molar-refractivity contribution in [3.05, 3.63) is 29.3 Å². The van der Waals surface area contributed by atoms with Crippen molar-refractivity contribution in [2.75, 3.05) is 0 Å². The van der Waals surface area contributed by atoms with Gasteiger partial charge in [-0.15, -0.1) is 23.7 Å². The molecule has 0 saturated heterocycles. The molecule has 0 fully saturated rings. The average molecular weight is 243 g/mol. The summed E-state index contributed by atoms with van der Waals surface area (Å²) in [5.74, 6) is 0.101. The summed E-state index contributed by atoms with van der Waals surface area (Å²) in [5.41, 5.74) is 11.5. The molecule has 0 aliphatic carbocycles. The first-order valence-corrected chi connectivity index (χ1v) is 4.97. The molecular formula is C9H11ClN4S. The molecule has 0 spiro atoms. The van der Waals surface area contributed by atoms with E-state index in [1.165, 1.54) is 0 Å². The van der Waals surface area contributed by atoms with Gasteiger partial charge in [-0.05, 0) is 12.1 Å². The molecule has 15 heavy (non-hydrogen) atoms. The van der Waals surface area contributed by atoms with Gasteiger partial charge in [-0.2, -0.15) is 0 Å². The summed E-state index contributed by atoms with van der Waals surface area (Å²) in [6, 6.07) is 7.97. The lowest BCUT2D eigenvalue weighted by Crippen LogP contribution is -2.22. The second-order valence-electron chi connectivity index (χ2n) is 2.82. The van der Waals surface area contributed by atoms with E-state index in [-0.39, 0.29) is 18.4 Å². The van der Waals surface area contributed by atoms with E-state index in [9.17, 15) is 0 Å². The fourth-order valence-corrected chi connectivity index (χ4v) is 2.04. The standard InChI is InChI=1S/C9H10N4S.ClH/c10-9(11)12-5-8-13-6-3-1-2-4-7(6)14-8;/h1-4H,5H2,(H4,10,11,12);1H. The van der Waals surface area contributed by atoms with Gasteiger partial charge in [0.1, 0.15) is 5.01 Å². The Bertz CT molecular complexity index is 443. The molecule has 0 atom stereocenters. The third kappa shape index (κ3) is 2.81. The van der Waals surface area contributed by atoms with E-state index in [2.05, 4.69) is 9.98 Å². The van der Waals surface area contributed by atoms with Crippen molar-refractivity contribution in [2.24, 2.45) is 16.5 Å². The average Bonchev–Trinajstić information content (AvgIpc) is 2.57. The first-order valence-electron chi connectivity index (χ1n) is 4.15. The summed E-state index contributed by atoms with van der Waals surface area (Å²) in [5, 5.41) is 0.930. The Kier molecular flexibility index (Phi) is 3.88. The van der Waals surface area contributed by atoms with Crippen LogP contribution in [0.4, 0.5) is 0 Å². The predicted octanol–water partition coefficient (Wildman–Crippen LogP) is 1.49. The van der Waals surface area contributed by atoms with Gasteiger partial charge >= 0.3 is 0 Å². The summed E-state index contributed by atoms with van der Waals surface area (Å²) in [4.78, 5) is 8.30. The van der Waals surface area contributed by atoms with Gasteiger partial charge in [-0.1, -0.05) is 12.1 Å². The summed E-state index contributed by atoms with van der Waals surface area (Å²) in [6.07, 6.45) is 0. The minimum Gasteiger partial charge on any atom is -0.370 e. The van der Waals surface area contributed by atoms with Crippen LogP contribution in [0.3, 0.4) is 0 Å². The molecule has 6 heteroatoms. The molecule has 2 aromatic rings. The third-order valence-electron chi connectivity index (χ3n) is 1.74. The minimum absolute atomic E-state index is 0. The number of aromatic nitrogens is 1. The van der Waals surface area contributed by atoms with Crippen molar-refractivity contribution in [2.45, 2.75) is 6.54 Å². The summed E-state index contributed by atoms with van der Waals surface area (Å²) in [6.45, 7) is 0.460. The molecule has 4 nitrogen and oxygen atoms in total. The number of benzene rings is 1. The molecule has 2 rings (SSSR count). The van der Waals surface area contributed by atoms with Gasteiger partial charge in [0, 0.05) is 0 Å². The smallest absolute Gasteiger partial charge is 0.186 e. The molecule has 0 saturated carbocycles. The zero-order valence-electron chi connectivity index (χ0n) is 7.88. The van der Waals surface area contributed by atoms with Crippen LogP contribution in [0.5, 0.6) is 0 Å². The van der Waals surface area contributed by atoms with Crippen LogP contribution < -0.4 is 11.5 Å². The largest absolute Gasteiger partial charge is 0.370 e. The van der Waals surface area contributed by atoms with E-state index in [4.69, 9.17) is 11.5 Å². The number of rotatable bonds is 2. The Labute approximate surface area is 97.4 Å². The number of nitrogens with two attached hydrogens (primary N) is 2. The SMILES string of the molecule is Cl.NC(N)=NCc1nc2ccccc2s1. The Morgan fingerprint density at radius 1 is 1.33 bits per heavy atom. The number of nitrogens with zero attached hydrogens (tertiary/aromatic N) is 2. The molecule has 0 radical (unpaired) electrons. The molecule has 1 aromatic heterocycles. The normalized spacial score (nSPS) is 9.60. The lowest BCUT2D eigenvalue weighted by atomic mass is 10.3. The maximum absolute atomic E-state index is 5.24. The van der Waals surface area contributed by atoms with E-state index in [0.29, 0.717) is 6.54 Å². The number of para-hydroxylation sites is 1. The Balaban J connectivity index is 0.00000112. The van der Waals surface area contributed by atoms with Crippen LogP contribution in [0.25, 0.3) is 10.2 Å². The highest BCUT2D eigenvalue weighted by Gasteiger charge is 2.01. The second kappa shape index (κ2) is 4.95. The van der Waals surface area contributed by atoms with Crippen LogP contribution in [0.2, 0.25) is 0 Å². The number of guanidine groups is 1. The minimum atomic E-state index is 0. The number of halogens is 1. The molecular weight excluding hydrogens is 232 g/mol. The van der Waals surface area contributed by atoms with Gasteiger partial charge in [-0.3, -0.25) is 0 Å². The van der Waals surface area contributed by atoms with Crippen LogP contribution in [0.1, 0.15) is 5.01 Å². The first kappa shape index (κ1) is 11.7. The van der Waals surface area contributed by atoms with Gasteiger partial charge in [0.2, 0.25) is 0 Å². The number of hydrogen-bond donors (Lipinski definition) is 2. The second-order valence-corrected chi connectivity index (χ2v) is 3.93. The monoisotopic (exact) mass is 242 g/mol. The lowest BCUT2D eigenvalue weighted by molar-refractivity contribution is 1.03. The highest BCUT2D eigenvalue weighted by atomic mass is 35.5. The zero-order chi connectivity index (χ0) is 9.97. The molecule has 1 heterocycles. The summed E-state index contributed by atoms with van der Waals surface area (Å²) < 4.78 is 1.16. The molecule has 0 bridgehead atoms. The van der Waals surface area contributed by atoms with Gasteiger partial charge in [0.25, 0.3) is 0 Å². The maximum Gasteiger partial charge on any atom is 0.186 e. The van der Waals surface area contributed by atoms with Crippen LogP contribution in [0, 0.1) is 0 Å². The highest BCUT2D eigenvalue weighted by molar-refractivity contribution is 7.18. The Morgan fingerprint density at radius 3 is 2.73 bits per heavy atom. The topological polar surface area (TPSA) is 77.3 Å².